The molecule has 1 aromatic carbocycles. The Kier molecular flexibility index (Phi) is 5.91. The van der Waals surface area contributed by atoms with Crippen LogP contribution in [-0.2, 0) is 9.59 Å². The molecule has 0 aromatic heterocycles. The molecule has 0 saturated carbocycles. The third-order valence-corrected chi connectivity index (χ3v) is 2.96. The minimum Gasteiger partial charge on any atom is -0.394 e. The van der Waals surface area contributed by atoms with Crippen LogP contribution >= 0.6 is 11.6 Å². The molecule has 110 valence electrons. The Hall–Kier alpha value is -1.66. The first-order valence-corrected chi connectivity index (χ1v) is 6.36. The largest absolute Gasteiger partial charge is 0.394 e. The van der Waals surface area contributed by atoms with Gasteiger partial charge in [0.25, 0.3) is 0 Å². The van der Waals surface area contributed by atoms with Crippen molar-refractivity contribution in [1.82, 2.24) is 10.6 Å². The molecule has 0 fully saturated rings. The van der Waals surface area contributed by atoms with Crippen molar-refractivity contribution in [2.75, 3.05) is 6.61 Å². The molecule has 2 atom stereocenters. The van der Waals surface area contributed by atoms with Crippen molar-refractivity contribution in [1.29, 1.82) is 0 Å². The molecule has 0 aliphatic heterocycles. The maximum absolute atomic E-state index is 13.4. The van der Waals surface area contributed by atoms with Crippen LogP contribution in [0, 0.1) is 5.82 Å². The van der Waals surface area contributed by atoms with E-state index >= 15 is 0 Å². The van der Waals surface area contributed by atoms with Gasteiger partial charge >= 0.3 is 0 Å². The average Bonchev–Trinajstić information content (AvgIpc) is 2.38. The van der Waals surface area contributed by atoms with E-state index in [-0.39, 0.29) is 10.9 Å². The summed E-state index contributed by atoms with van der Waals surface area (Å²) in [5.74, 6) is -1.45. The number of benzene rings is 1. The Balaban J connectivity index is 2.78. The molecule has 3 N–H and O–H groups in total. The number of hydrogen-bond acceptors (Lipinski definition) is 3. The first-order valence-electron chi connectivity index (χ1n) is 5.98. The Morgan fingerprint density at radius 1 is 1.40 bits per heavy atom. The minimum atomic E-state index is -0.773. The Morgan fingerprint density at radius 3 is 2.55 bits per heavy atom. The average molecular weight is 303 g/mol. The van der Waals surface area contributed by atoms with Gasteiger partial charge in [-0.3, -0.25) is 9.59 Å². The van der Waals surface area contributed by atoms with E-state index < -0.39 is 30.4 Å². The smallest absolute Gasteiger partial charge is 0.242 e. The van der Waals surface area contributed by atoms with Crippen LogP contribution in [0.5, 0.6) is 0 Å². The zero-order valence-electron chi connectivity index (χ0n) is 11.1. The molecule has 0 heterocycles. The summed E-state index contributed by atoms with van der Waals surface area (Å²) in [6.45, 7) is 2.40. The summed E-state index contributed by atoms with van der Waals surface area (Å²) in [7, 11) is 0. The molecular weight excluding hydrogens is 287 g/mol. The summed E-state index contributed by atoms with van der Waals surface area (Å²) < 4.78 is 13.4. The number of nitrogens with one attached hydrogen (secondary N) is 2. The van der Waals surface area contributed by atoms with Crippen molar-refractivity contribution in [2.24, 2.45) is 0 Å². The maximum Gasteiger partial charge on any atom is 0.242 e. The number of amides is 2. The molecule has 20 heavy (non-hydrogen) atoms. The molecule has 1 rings (SSSR count). The van der Waals surface area contributed by atoms with Crippen LogP contribution in [0.3, 0.4) is 0 Å². The molecular formula is C13H16ClFN2O3. The van der Waals surface area contributed by atoms with E-state index in [1.807, 2.05) is 0 Å². The van der Waals surface area contributed by atoms with Gasteiger partial charge in [-0.25, -0.2) is 4.39 Å². The van der Waals surface area contributed by atoms with Gasteiger partial charge in [0.05, 0.1) is 17.7 Å². The fraction of sp³-hybridized carbons (Fsp3) is 0.385. The quantitative estimate of drug-likeness (QED) is 0.763. The SMILES string of the molecule is CC(=O)NC(C)C(=O)NC(CO)c1ccc(Cl)c(F)c1. The van der Waals surface area contributed by atoms with Gasteiger partial charge in [-0.2, -0.15) is 0 Å². The summed E-state index contributed by atoms with van der Waals surface area (Å²) in [5.41, 5.74) is 0.387. The van der Waals surface area contributed by atoms with Crippen LogP contribution in [0.2, 0.25) is 5.02 Å². The molecule has 1 aromatic rings. The predicted molar refractivity (Wildman–Crippen MR) is 72.7 cm³/mol. The number of rotatable bonds is 5. The highest BCUT2D eigenvalue weighted by Gasteiger charge is 2.19. The van der Waals surface area contributed by atoms with Crippen molar-refractivity contribution in [3.05, 3.63) is 34.6 Å². The molecule has 0 aliphatic carbocycles. The van der Waals surface area contributed by atoms with E-state index in [0.29, 0.717) is 5.56 Å². The summed E-state index contributed by atoms with van der Waals surface area (Å²) in [6.07, 6.45) is 0. The van der Waals surface area contributed by atoms with Gasteiger partial charge in [0.1, 0.15) is 11.9 Å². The highest BCUT2D eigenvalue weighted by atomic mass is 35.5. The fourth-order valence-corrected chi connectivity index (χ4v) is 1.75. The monoisotopic (exact) mass is 302 g/mol. The fourth-order valence-electron chi connectivity index (χ4n) is 1.63. The van der Waals surface area contributed by atoms with Crippen LogP contribution in [0.1, 0.15) is 25.5 Å². The lowest BCUT2D eigenvalue weighted by molar-refractivity contribution is -0.128. The van der Waals surface area contributed by atoms with E-state index in [0.717, 1.165) is 6.07 Å². The Labute approximate surface area is 121 Å². The highest BCUT2D eigenvalue weighted by molar-refractivity contribution is 6.30. The van der Waals surface area contributed by atoms with Crippen molar-refractivity contribution in [3.8, 4) is 0 Å². The van der Waals surface area contributed by atoms with Gasteiger partial charge in [-0.05, 0) is 24.6 Å². The number of hydrogen-bond donors (Lipinski definition) is 3. The van der Waals surface area contributed by atoms with E-state index in [4.69, 9.17) is 11.6 Å². The van der Waals surface area contributed by atoms with Gasteiger partial charge in [-0.1, -0.05) is 17.7 Å². The van der Waals surface area contributed by atoms with Crippen molar-refractivity contribution in [2.45, 2.75) is 25.9 Å². The predicted octanol–water partition coefficient (Wildman–Crippen LogP) is 1.15. The zero-order chi connectivity index (χ0) is 15.3. The Bertz CT molecular complexity index is 510. The lowest BCUT2D eigenvalue weighted by Crippen LogP contribution is -2.45. The second kappa shape index (κ2) is 7.21. The summed E-state index contributed by atoms with van der Waals surface area (Å²) >= 11 is 5.57. The normalized spacial score (nSPS) is 13.4. The number of halogens is 2. The van der Waals surface area contributed by atoms with Crippen molar-refractivity contribution in [3.63, 3.8) is 0 Å². The van der Waals surface area contributed by atoms with Gasteiger partial charge in [0.15, 0.2) is 0 Å². The van der Waals surface area contributed by atoms with Gasteiger partial charge < -0.3 is 15.7 Å². The standard InChI is InChI=1S/C13H16ClFN2O3/c1-7(16-8(2)19)13(20)17-12(6-18)9-3-4-10(14)11(15)5-9/h3-5,7,12,18H,6H2,1-2H3,(H,16,19)(H,17,20). The van der Waals surface area contributed by atoms with Crippen molar-refractivity contribution < 1.29 is 19.1 Å². The first kappa shape index (κ1) is 16.4. The summed E-state index contributed by atoms with van der Waals surface area (Å²) in [5, 5.41) is 14.2. The topological polar surface area (TPSA) is 78.4 Å². The molecule has 5 nitrogen and oxygen atoms in total. The Morgan fingerprint density at radius 2 is 2.05 bits per heavy atom. The maximum atomic E-state index is 13.4. The third kappa shape index (κ3) is 4.47. The highest BCUT2D eigenvalue weighted by Crippen LogP contribution is 2.20. The summed E-state index contributed by atoms with van der Waals surface area (Å²) in [4.78, 5) is 22.7. The number of carbonyl (C=O) groups is 2. The third-order valence-electron chi connectivity index (χ3n) is 2.66. The molecule has 0 aliphatic rings. The number of aliphatic hydroxyl groups excluding tert-OH is 1. The zero-order valence-corrected chi connectivity index (χ0v) is 11.9. The van der Waals surface area contributed by atoms with Crippen LogP contribution in [0.4, 0.5) is 4.39 Å². The first-order chi connectivity index (χ1) is 9.35. The second-order valence-corrected chi connectivity index (χ2v) is 4.75. The molecule has 0 bridgehead atoms. The molecule has 2 unspecified atom stereocenters. The van der Waals surface area contributed by atoms with E-state index in [1.165, 1.54) is 26.0 Å². The second-order valence-electron chi connectivity index (χ2n) is 4.34. The van der Waals surface area contributed by atoms with Gasteiger partial charge in [-0.15, -0.1) is 0 Å². The van der Waals surface area contributed by atoms with Crippen LogP contribution in [0.15, 0.2) is 18.2 Å². The molecule has 0 radical (unpaired) electrons. The molecule has 2 amide bonds. The van der Waals surface area contributed by atoms with Crippen molar-refractivity contribution >= 4 is 23.4 Å². The van der Waals surface area contributed by atoms with E-state index in [1.54, 1.807) is 0 Å². The lowest BCUT2D eigenvalue weighted by Gasteiger charge is -2.20. The van der Waals surface area contributed by atoms with Gasteiger partial charge in [0, 0.05) is 6.92 Å². The van der Waals surface area contributed by atoms with E-state index in [9.17, 15) is 19.1 Å². The van der Waals surface area contributed by atoms with Crippen LogP contribution < -0.4 is 10.6 Å². The lowest BCUT2D eigenvalue weighted by atomic mass is 10.1. The van der Waals surface area contributed by atoms with Crippen LogP contribution in [-0.4, -0.2) is 29.6 Å². The van der Waals surface area contributed by atoms with Crippen LogP contribution in [0.25, 0.3) is 0 Å². The number of aliphatic hydroxyl groups is 1. The molecule has 0 spiro atoms. The minimum absolute atomic E-state index is 0.0385. The molecule has 0 saturated heterocycles. The number of carbonyl (C=O) groups excluding carboxylic acids is 2. The van der Waals surface area contributed by atoms with Gasteiger partial charge in [0.2, 0.25) is 11.8 Å². The summed E-state index contributed by atoms with van der Waals surface area (Å²) in [6, 6.07) is 2.48. The van der Waals surface area contributed by atoms with E-state index in [2.05, 4.69) is 10.6 Å². The molecule has 7 heteroatoms.